The Kier molecular flexibility index (Phi) is 7.46. The molecule has 1 fully saturated rings. The van der Waals surface area contributed by atoms with E-state index in [1.54, 1.807) is 4.90 Å². The molecule has 32 heavy (non-hydrogen) atoms. The third kappa shape index (κ3) is 4.75. The summed E-state index contributed by atoms with van der Waals surface area (Å²) in [5.74, 6) is -1.73. The van der Waals surface area contributed by atoms with Gasteiger partial charge in [0.05, 0.1) is 11.6 Å². The molecule has 1 amide bonds. The van der Waals surface area contributed by atoms with Gasteiger partial charge in [0.15, 0.2) is 0 Å². The van der Waals surface area contributed by atoms with Crippen LogP contribution >= 0.6 is 0 Å². The van der Waals surface area contributed by atoms with Crippen molar-refractivity contribution < 1.29 is 19.1 Å². The average Bonchev–Trinajstić information content (AvgIpc) is 3.04. The van der Waals surface area contributed by atoms with E-state index in [1.807, 2.05) is 38.1 Å². The van der Waals surface area contributed by atoms with Crippen LogP contribution in [0.25, 0.3) is 5.76 Å². The highest BCUT2D eigenvalue weighted by Crippen LogP contribution is 2.39. The van der Waals surface area contributed by atoms with E-state index in [1.165, 1.54) is 24.3 Å². The predicted octanol–water partition coefficient (Wildman–Crippen LogP) is 4.71. The Hall–Kier alpha value is -2.99. The maximum Gasteiger partial charge on any atom is 0.295 e. The number of nitrogens with zero attached hydrogens (tertiary/aromatic N) is 2. The Bertz CT molecular complexity index is 993. The van der Waals surface area contributed by atoms with Gasteiger partial charge in [0.1, 0.15) is 11.6 Å². The second-order valence-electron chi connectivity index (χ2n) is 8.35. The first-order valence-electron chi connectivity index (χ1n) is 11.1. The van der Waals surface area contributed by atoms with Crippen molar-refractivity contribution in [3.8, 4) is 0 Å². The van der Waals surface area contributed by atoms with Crippen molar-refractivity contribution in [1.82, 2.24) is 9.80 Å². The summed E-state index contributed by atoms with van der Waals surface area (Å²) < 4.78 is 13.4. The van der Waals surface area contributed by atoms with E-state index >= 15 is 0 Å². The zero-order chi connectivity index (χ0) is 23.4. The molecule has 1 N–H and O–H groups in total. The van der Waals surface area contributed by atoms with Gasteiger partial charge in [0, 0.05) is 18.7 Å². The second-order valence-corrected chi connectivity index (χ2v) is 8.35. The number of aliphatic hydroxyl groups excluding tert-OH is 1. The number of aliphatic hydroxyl groups is 1. The topological polar surface area (TPSA) is 60.9 Å². The van der Waals surface area contributed by atoms with Crippen LogP contribution in [-0.2, 0) is 9.59 Å². The molecule has 0 radical (unpaired) electrons. The lowest BCUT2D eigenvalue weighted by molar-refractivity contribution is -0.140. The van der Waals surface area contributed by atoms with Crippen LogP contribution in [0.3, 0.4) is 0 Å². The minimum atomic E-state index is -0.718. The van der Waals surface area contributed by atoms with Crippen molar-refractivity contribution in [2.75, 3.05) is 26.2 Å². The zero-order valence-corrected chi connectivity index (χ0v) is 19.1. The molecule has 2 aromatic carbocycles. The molecule has 0 spiro atoms. The van der Waals surface area contributed by atoms with Crippen LogP contribution in [0.5, 0.6) is 0 Å². The van der Waals surface area contributed by atoms with Gasteiger partial charge >= 0.3 is 0 Å². The molecule has 1 aliphatic heterocycles. The number of carbonyl (C=O) groups excluding carboxylic acids is 2. The van der Waals surface area contributed by atoms with Gasteiger partial charge in [-0.15, -0.1) is 0 Å². The largest absolute Gasteiger partial charge is 0.507 e. The van der Waals surface area contributed by atoms with Crippen molar-refractivity contribution >= 4 is 17.4 Å². The predicted molar refractivity (Wildman–Crippen MR) is 124 cm³/mol. The molecule has 1 heterocycles. The fraction of sp³-hybridized carbons (Fsp3) is 0.385. The monoisotopic (exact) mass is 438 g/mol. The van der Waals surface area contributed by atoms with Crippen molar-refractivity contribution in [2.45, 2.75) is 39.7 Å². The number of likely N-dealkylation sites (N-methyl/N-ethyl adjacent to an activating group) is 1. The van der Waals surface area contributed by atoms with Crippen LogP contribution in [0, 0.1) is 5.82 Å². The Morgan fingerprint density at radius 2 is 1.62 bits per heavy atom. The minimum absolute atomic E-state index is 0.0402. The number of hydrogen-bond acceptors (Lipinski definition) is 4. The molecule has 3 rings (SSSR count). The summed E-state index contributed by atoms with van der Waals surface area (Å²) in [6.07, 6.45) is 0. The first-order chi connectivity index (χ1) is 15.3. The minimum Gasteiger partial charge on any atom is -0.507 e. The van der Waals surface area contributed by atoms with Gasteiger partial charge in [-0.05, 0) is 54.4 Å². The molecule has 1 aliphatic rings. The average molecular weight is 439 g/mol. The number of benzene rings is 2. The van der Waals surface area contributed by atoms with Gasteiger partial charge in [-0.1, -0.05) is 52.0 Å². The van der Waals surface area contributed by atoms with Crippen LogP contribution in [0.2, 0.25) is 0 Å². The van der Waals surface area contributed by atoms with Crippen LogP contribution in [0.1, 0.15) is 56.3 Å². The van der Waals surface area contributed by atoms with Crippen molar-refractivity contribution in [1.29, 1.82) is 0 Å². The van der Waals surface area contributed by atoms with Gasteiger partial charge in [-0.25, -0.2) is 4.39 Å². The van der Waals surface area contributed by atoms with Crippen LogP contribution in [0.15, 0.2) is 54.1 Å². The lowest BCUT2D eigenvalue weighted by Crippen LogP contribution is -2.38. The first kappa shape index (κ1) is 23.7. The Morgan fingerprint density at radius 3 is 2.16 bits per heavy atom. The van der Waals surface area contributed by atoms with Crippen LogP contribution in [-0.4, -0.2) is 52.8 Å². The molecular formula is C26H31FN2O3. The third-order valence-electron chi connectivity index (χ3n) is 6.13. The summed E-state index contributed by atoms with van der Waals surface area (Å²) >= 11 is 0. The molecule has 1 saturated heterocycles. The van der Waals surface area contributed by atoms with Crippen molar-refractivity contribution in [2.24, 2.45) is 0 Å². The van der Waals surface area contributed by atoms with E-state index in [0.29, 0.717) is 24.6 Å². The number of Topliss-reactive ketones (excluding diaryl/α,β-unsaturated/α-hetero) is 1. The van der Waals surface area contributed by atoms with E-state index < -0.39 is 23.5 Å². The second kappa shape index (κ2) is 10.1. The normalized spacial score (nSPS) is 18.2. The smallest absolute Gasteiger partial charge is 0.295 e. The highest BCUT2D eigenvalue weighted by Gasteiger charge is 2.45. The number of rotatable bonds is 8. The zero-order valence-electron chi connectivity index (χ0n) is 19.1. The number of carbonyl (C=O) groups is 2. The molecule has 1 atom stereocenters. The quantitative estimate of drug-likeness (QED) is 0.368. The molecule has 0 saturated carbocycles. The molecule has 0 bridgehead atoms. The van der Waals surface area contributed by atoms with Crippen molar-refractivity contribution in [3.05, 3.63) is 76.6 Å². The maximum atomic E-state index is 13.4. The van der Waals surface area contributed by atoms with Gasteiger partial charge in [-0.3, -0.25) is 9.59 Å². The Morgan fingerprint density at radius 1 is 1.03 bits per heavy atom. The molecule has 2 aromatic rings. The summed E-state index contributed by atoms with van der Waals surface area (Å²) in [4.78, 5) is 29.8. The fourth-order valence-corrected chi connectivity index (χ4v) is 4.07. The van der Waals surface area contributed by atoms with E-state index in [2.05, 4.69) is 18.7 Å². The number of ketones is 1. The van der Waals surface area contributed by atoms with E-state index in [0.717, 1.165) is 24.2 Å². The summed E-state index contributed by atoms with van der Waals surface area (Å²) in [7, 11) is 0. The fourth-order valence-electron chi connectivity index (χ4n) is 4.07. The highest BCUT2D eigenvalue weighted by molar-refractivity contribution is 6.46. The first-order valence-corrected chi connectivity index (χ1v) is 11.1. The van der Waals surface area contributed by atoms with Crippen LogP contribution in [0.4, 0.5) is 4.39 Å². The van der Waals surface area contributed by atoms with Gasteiger partial charge < -0.3 is 14.9 Å². The standard InChI is InChI=1S/C26H31FN2O3/c1-5-28(6-2)15-16-29-23(19-9-7-18(8-10-19)17(3)4)22(25(31)26(29)32)24(30)20-11-13-21(27)14-12-20/h7-14,17,23,30H,5-6,15-16H2,1-4H3/b24-22+. The lowest BCUT2D eigenvalue weighted by Gasteiger charge is -2.28. The summed E-state index contributed by atoms with van der Waals surface area (Å²) in [5.41, 5.74) is 2.25. The van der Waals surface area contributed by atoms with Crippen molar-refractivity contribution in [3.63, 3.8) is 0 Å². The molecule has 170 valence electrons. The summed E-state index contributed by atoms with van der Waals surface area (Å²) in [6, 6.07) is 12.4. The number of likely N-dealkylation sites (tertiary alicyclic amines) is 1. The number of hydrogen-bond donors (Lipinski definition) is 1. The van der Waals surface area contributed by atoms with Gasteiger partial charge in [0.2, 0.25) is 0 Å². The molecule has 0 aliphatic carbocycles. The van der Waals surface area contributed by atoms with E-state index in [-0.39, 0.29) is 11.3 Å². The van der Waals surface area contributed by atoms with Gasteiger partial charge in [0.25, 0.3) is 11.7 Å². The third-order valence-corrected chi connectivity index (χ3v) is 6.13. The lowest BCUT2D eigenvalue weighted by atomic mass is 9.93. The Labute approximate surface area is 189 Å². The molecule has 0 aromatic heterocycles. The summed E-state index contributed by atoms with van der Waals surface area (Å²) in [6.45, 7) is 11.0. The van der Waals surface area contributed by atoms with E-state index in [4.69, 9.17) is 0 Å². The SMILES string of the molecule is CCN(CC)CCN1C(=O)C(=O)/C(=C(/O)c2ccc(F)cc2)C1c1ccc(C(C)C)cc1. The summed E-state index contributed by atoms with van der Waals surface area (Å²) in [5, 5.41) is 11.0. The molecule has 5 nitrogen and oxygen atoms in total. The number of halogens is 1. The Balaban J connectivity index is 2.09. The number of amides is 1. The van der Waals surface area contributed by atoms with E-state index in [9.17, 15) is 19.1 Å². The maximum absolute atomic E-state index is 13.4. The molecular weight excluding hydrogens is 407 g/mol. The highest BCUT2D eigenvalue weighted by atomic mass is 19.1. The molecule has 6 heteroatoms. The van der Waals surface area contributed by atoms with Crippen LogP contribution < -0.4 is 0 Å². The molecule has 1 unspecified atom stereocenters. The van der Waals surface area contributed by atoms with Gasteiger partial charge in [-0.2, -0.15) is 0 Å².